The first-order valence-electron chi connectivity index (χ1n) is 7.25. The summed E-state index contributed by atoms with van der Waals surface area (Å²) in [6.07, 6.45) is 1.21. The molecule has 110 valence electrons. The number of rotatable bonds is 2. The molecule has 1 aromatic rings. The van der Waals surface area contributed by atoms with Crippen molar-refractivity contribution in [3.05, 3.63) is 23.3 Å². The topological polar surface area (TPSA) is 51.0 Å². The zero-order valence-electron chi connectivity index (χ0n) is 12.1. The standard InChI is InChI=1S/C15H23N3O2/c1-17-3-2-4-18(6-5-17)9-12-7-14(16)8-13-10-19-11-20-15(12)13/h7-8H,2-6,9-11,16H2,1H3. The predicted octanol–water partition coefficient (Wildman–Crippen LogP) is 1.27. The molecule has 2 N–H and O–H groups in total. The molecule has 0 saturated carbocycles. The summed E-state index contributed by atoms with van der Waals surface area (Å²) in [7, 11) is 2.19. The number of nitrogen functional groups attached to an aromatic ring is 1. The molecule has 3 rings (SSSR count). The summed E-state index contributed by atoms with van der Waals surface area (Å²) in [6, 6.07) is 3.99. The van der Waals surface area contributed by atoms with Gasteiger partial charge >= 0.3 is 0 Å². The molecular formula is C15H23N3O2. The van der Waals surface area contributed by atoms with Crippen molar-refractivity contribution in [2.24, 2.45) is 0 Å². The smallest absolute Gasteiger partial charge is 0.189 e. The van der Waals surface area contributed by atoms with Gasteiger partial charge in [-0.1, -0.05) is 0 Å². The van der Waals surface area contributed by atoms with Gasteiger partial charge in [-0.25, -0.2) is 0 Å². The highest BCUT2D eigenvalue weighted by molar-refractivity contribution is 5.53. The van der Waals surface area contributed by atoms with Gasteiger partial charge in [-0.05, 0) is 38.7 Å². The van der Waals surface area contributed by atoms with E-state index in [-0.39, 0.29) is 0 Å². The van der Waals surface area contributed by atoms with Gasteiger partial charge in [0.05, 0.1) is 6.61 Å². The van der Waals surface area contributed by atoms with Crippen LogP contribution in [0.15, 0.2) is 12.1 Å². The van der Waals surface area contributed by atoms with E-state index in [1.54, 1.807) is 0 Å². The predicted molar refractivity (Wildman–Crippen MR) is 78.5 cm³/mol. The lowest BCUT2D eigenvalue weighted by atomic mass is 10.1. The van der Waals surface area contributed by atoms with Crippen LogP contribution < -0.4 is 10.5 Å². The third-order valence-corrected chi connectivity index (χ3v) is 4.02. The highest BCUT2D eigenvalue weighted by Gasteiger charge is 2.19. The normalized spacial score (nSPS) is 21.1. The van der Waals surface area contributed by atoms with E-state index in [0.29, 0.717) is 13.4 Å². The molecule has 0 bridgehead atoms. The Labute approximate surface area is 120 Å². The van der Waals surface area contributed by atoms with E-state index in [1.807, 2.05) is 12.1 Å². The van der Waals surface area contributed by atoms with Crippen molar-refractivity contribution < 1.29 is 9.47 Å². The first-order valence-corrected chi connectivity index (χ1v) is 7.25. The van der Waals surface area contributed by atoms with Crippen LogP contribution in [0.5, 0.6) is 5.75 Å². The zero-order valence-corrected chi connectivity index (χ0v) is 12.1. The summed E-state index contributed by atoms with van der Waals surface area (Å²) in [5, 5.41) is 0. The van der Waals surface area contributed by atoms with Crippen LogP contribution >= 0.6 is 0 Å². The van der Waals surface area contributed by atoms with Crippen molar-refractivity contribution in [2.45, 2.75) is 19.6 Å². The van der Waals surface area contributed by atoms with E-state index in [4.69, 9.17) is 15.2 Å². The molecule has 0 atom stereocenters. The molecule has 1 saturated heterocycles. The Kier molecular flexibility index (Phi) is 4.10. The minimum absolute atomic E-state index is 0.340. The second-order valence-corrected chi connectivity index (χ2v) is 5.71. The van der Waals surface area contributed by atoms with Crippen molar-refractivity contribution in [3.8, 4) is 5.75 Å². The third kappa shape index (κ3) is 3.06. The number of likely N-dealkylation sites (N-methyl/N-ethyl adjacent to an activating group) is 1. The summed E-state index contributed by atoms with van der Waals surface area (Å²) in [6.45, 7) is 6.36. The Balaban J connectivity index is 1.78. The van der Waals surface area contributed by atoms with Crippen molar-refractivity contribution in [3.63, 3.8) is 0 Å². The molecule has 5 heteroatoms. The lowest BCUT2D eigenvalue weighted by Gasteiger charge is -2.25. The van der Waals surface area contributed by atoms with Gasteiger partial charge in [0.15, 0.2) is 6.79 Å². The lowest BCUT2D eigenvalue weighted by molar-refractivity contribution is -0.0174. The lowest BCUT2D eigenvalue weighted by Crippen LogP contribution is -2.29. The van der Waals surface area contributed by atoms with Gasteiger partial charge in [0.25, 0.3) is 0 Å². The van der Waals surface area contributed by atoms with Crippen LogP contribution in [0.4, 0.5) is 5.69 Å². The number of nitrogens with zero attached hydrogens (tertiary/aromatic N) is 2. The summed E-state index contributed by atoms with van der Waals surface area (Å²) in [5.41, 5.74) is 9.05. The van der Waals surface area contributed by atoms with Crippen LogP contribution in [0.2, 0.25) is 0 Å². The van der Waals surface area contributed by atoms with E-state index in [9.17, 15) is 0 Å². The van der Waals surface area contributed by atoms with E-state index in [2.05, 4.69) is 16.8 Å². The SMILES string of the molecule is CN1CCCN(Cc2cc(N)cc3c2OCOC3)CC1. The van der Waals surface area contributed by atoms with Crippen molar-refractivity contribution in [1.29, 1.82) is 0 Å². The summed E-state index contributed by atoms with van der Waals surface area (Å²) in [4.78, 5) is 4.87. The van der Waals surface area contributed by atoms with Crippen LogP contribution in [0.3, 0.4) is 0 Å². The molecule has 0 radical (unpaired) electrons. The van der Waals surface area contributed by atoms with Crippen LogP contribution in [0.25, 0.3) is 0 Å². The molecule has 5 nitrogen and oxygen atoms in total. The molecule has 2 aliphatic heterocycles. The average molecular weight is 277 g/mol. The van der Waals surface area contributed by atoms with E-state index in [0.717, 1.165) is 43.2 Å². The average Bonchev–Trinajstić information content (AvgIpc) is 2.64. The Hall–Kier alpha value is -1.30. The molecule has 0 unspecified atom stereocenters. The second kappa shape index (κ2) is 5.99. The Morgan fingerprint density at radius 1 is 1.20 bits per heavy atom. The molecule has 2 aliphatic rings. The van der Waals surface area contributed by atoms with Crippen molar-refractivity contribution in [1.82, 2.24) is 9.80 Å². The highest BCUT2D eigenvalue weighted by Crippen LogP contribution is 2.31. The monoisotopic (exact) mass is 277 g/mol. The number of anilines is 1. The van der Waals surface area contributed by atoms with Crippen LogP contribution in [-0.4, -0.2) is 49.8 Å². The van der Waals surface area contributed by atoms with Crippen LogP contribution in [0.1, 0.15) is 17.5 Å². The Morgan fingerprint density at radius 2 is 2.10 bits per heavy atom. The Morgan fingerprint density at radius 3 is 3.00 bits per heavy atom. The summed E-state index contributed by atoms with van der Waals surface area (Å²) in [5.74, 6) is 0.975. The molecule has 0 amide bonds. The molecule has 2 heterocycles. The number of benzene rings is 1. The van der Waals surface area contributed by atoms with E-state index < -0.39 is 0 Å². The van der Waals surface area contributed by atoms with Gasteiger partial charge in [0, 0.05) is 36.4 Å². The summed E-state index contributed by atoms with van der Waals surface area (Å²) >= 11 is 0. The molecule has 20 heavy (non-hydrogen) atoms. The molecule has 0 aliphatic carbocycles. The molecule has 0 spiro atoms. The van der Waals surface area contributed by atoms with Crippen molar-refractivity contribution >= 4 is 5.69 Å². The molecule has 1 fully saturated rings. The third-order valence-electron chi connectivity index (χ3n) is 4.02. The van der Waals surface area contributed by atoms with E-state index >= 15 is 0 Å². The fourth-order valence-electron chi connectivity index (χ4n) is 2.94. The maximum absolute atomic E-state index is 6.00. The van der Waals surface area contributed by atoms with Gasteiger partial charge in [-0.15, -0.1) is 0 Å². The number of hydrogen-bond donors (Lipinski definition) is 1. The second-order valence-electron chi connectivity index (χ2n) is 5.71. The largest absolute Gasteiger partial charge is 0.467 e. The highest BCUT2D eigenvalue weighted by atomic mass is 16.7. The van der Waals surface area contributed by atoms with Crippen molar-refractivity contribution in [2.75, 3.05) is 45.8 Å². The fraction of sp³-hybridized carbons (Fsp3) is 0.600. The maximum atomic E-state index is 6.00. The summed E-state index contributed by atoms with van der Waals surface area (Å²) < 4.78 is 11.0. The van der Waals surface area contributed by atoms with Crippen LogP contribution in [-0.2, 0) is 17.9 Å². The van der Waals surface area contributed by atoms with Gasteiger partial charge in [0.1, 0.15) is 5.75 Å². The minimum atomic E-state index is 0.340. The Bertz CT molecular complexity index is 478. The fourth-order valence-corrected chi connectivity index (χ4v) is 2.94. The molecular weight excluding hydrogens is 254 g/mol. The number of hydrogen-bond acceptors (Lipinski definition) is 5. The van der Waals surface area contributed by atoms with Crippen LogP contribution in [0, 0.1) is 0 Å². The van der Waals surface area contributed by atoms with E-state index in [1.165, 1.54) is 18.5 Å². The number of nitrogens with two attached hydrogens (primary N) is 1. The van der Waals surface area contributed by atoms with Gasteiger partial charge in [-0.3, -0.25) is 4.90 Å². The van der Waals surface area contributed by atoms with Gasteiger partial charge < -0.3 is 20.1 Å². The molecule has 0 aromatic heterocycles. The van der Waals surface area contributed by atoms with Gasteiger partial charge in [-0.2, -0.15) is 0 Å². The number of fused-ring (bicyclic) bond motifs is 1. The first-order chi connectivity index (χ1) is 9.72. The molecule has 1 aromatic carbocycles. The quantitative estimate of drug-likeness (QED) is 0.825. The zero-order chi connectivity index (χ0) is 13.9. The van der Waals surface area contributed by atoms with Gasteiger partial charge in [0.2, 0.25) is 0 Å². The maximum Gasteiger partial charge on any atom is 0.189 e. The first kappa shape index (κ1) is 13.7. The number of ether oxygens (including phenoxy) is 2. The minimum Gasteiger partial charge on any atom is -0.467 e.